The van der Waals surface area contributed by atoms with Crippen molar-refractivity contribution < 1.29 is 4.74 Å². The van der Waals surface area contributed by atoms with E-state index in [1.165, 1.54) is 0 Å². The van der Waals surface area contributed by atoms with E-state index in [0.29, 0.717) is 15.8 Å². The van der Waals surface area contributed by atoms with Gasteiger partial charge in [0, 0.05) is 20.6 Å². The fraction of sp³-hybridized carbons (Fsp3) is 0.200. The number of ether oxygens (including phenoxy) is 1. The Kier molecular flexibility index (Phi) is 5.33. The normalized spacial score (nSPS) is 12.2. The molecule has 2 aromatic rings. The van der Waals surface area contributed by atoms with Crippen LogP contribution in [0.25, 0.3) is 0 Å². The number of rotatable bonds is 4. The molecule has 20 heavy (non-hydrogen) atoms. The van der Waals surface area contributed by atoms with Gasteiger partial charge in [-0.15, -0.1) is 0 Å². The highest BCUT2D eigenvalue weighted by Crippen LogP contribution is 2.32. The molecule has 0 aliphatic rings. The van der Waals surface area contributed by atoms with Gasteiger partial charge >= 0.3 is 0 Å². The fourth-order valence-corrected chi connectivity index (χ4v) is 2.78. The first-order chi connectivity index (χ1) is 9.44. The number of benzene rings is 2. The van der Waals surface area contributed by atoms with Crippen LogP contribution in [0.15, 0.2) is 40.9 Å². The lowest BCUT2D eigenvalue weighted by Gasteiger charge is -2.14. The van der Waals surface area contributed by atoms with Gasteiger partial charge in [0.2, 0.25) is 0 Å². The summed E-state index contributed by atoms with van der Waals surface area (Å²) in [6, 6.07) is 11.0. The van der Waals surface area contributed by atoms with E-state index in [-0.39, 0.29) is 6.04 Å². The van der Waals surface area contributed by atoms with Crippen LogP contribution in [0.5, 0.6) is 11.5 Å². The zero-order valence-corrected chi connectivity index (χ0v) is 14.0. The quantitative estimate of drug-likeness (QED) is 0.773. The Balaban J connectivity index is 2.32. The summed E-state index contributed by atoms with van der Waals surface area (Å²) in [4.78, 5) is 0. The maximum Gasteiger partial charge on any atom is 0.130 e. The molecule has 0 aliphatic heterocycles. The Morgan fingerprint density at radius 2 is 1.80 bits per heavy atom. The third-order valence-corrected chi connectivity index (χ3v) is 3.56. The minimum atomic E-state index is 0.0506. The minimum Gasteiger partial charge on any atom is -0.457 e. The van der Waals surface area contributed by atoms with E-state index in [9.17, 15) is 0 Å². The number of halogens is 3. The van der Waals surface area contributed by atoms with E-state index in [2.05, 4.69) is 15.9 Å². The molecule has 0 saturated heterocycles. The topological polar surface area (TPSA) is 35.2 Å². The molecule has 0 spiro atoms. The second-order valence-corrected chi connectivity index (χ2v) is 6.43. The van der Waals surface area contributed by atoms with Crippen LogP contribution < -0.4 is 10.5 Å². The van der Waals surface area contributed by atoms with E-state index in [4.69, 9.17) is 33.7 Å². The van der Waals surface area contributed by atoms with Crippen LogP contribution in [0, 0.1) is 0 Å². The first kappa shape index (κ1) is 15.6. The molecule has 2 rings (SSSR count). The van der Waals surface area contributed by atoms with Crippen molar-refractivity contribution in [1.82, 2.24) is 0 Å². The summed E-state index contributed by atoms with van der Waals surface area (Å²) in [5, 5.41) is 1.08. The maximum atomic E-state index is 5.97. The Hall–Kier alpha value is -0.740. The van der Waals surface area contributed by atoms with Crippen molar-refractivity contribution in [2.75, 3.05) is 0 Å². The molecular weight excluding hydrogens is 361 g/mol. The van der Waals surface area contributed by atoms with Crippen LogP contribution in [-0.2, 0) is 6.42 Å². The highest BCUT2D eigenvalue weighted by atomic mass is 79.9. The molecule has 0 radical (unpaired) electrons. The van der Waals surface area contributed by atoms with Crippen LogP contribution in [0.1, 0.15) is 12.5 Å². The van der Waals surface area contributed by atoms with Gasteiger partial charge in [0.25, 0.3) is 0 Å². The average Bonchev–Trinajstić information content (AvgIpc) is 2.30. The predicted octanol–water partition coefficient (Wildman–Crippen LogP) is 5.44. The van der Waals surface area contributed by atoms with Crippen molar-refractivity contribution in [2.24, 2.45) is 5.73 Å². The van der Waals surface area contributed by atoms with Gasteiger partial charge in [0.15, 0.2) is 0 Å². The van der Waals surface area contributed by atoms with Crippen LogP contribution in [-0.4, -0.2) is 6.04 Å². The molecule has 0 saturated carbocycles. The lowest BCUT2D eigenvalue weighted by molar-refractivity contribution is 0.474. The van der Waals surface area contributed by atoms with E-state index in [1.807, 2.05) is 25.1 Å². The molecule has 2 N–H and O–H groups in total. The lowest BCUT2D eigenvalue weighted by Crippen LogP contribution is -2.18. The van der Waals surface area contributed by atoms with Crippen molar-refractivity contribution in [3.63, 3.8) is 0 Å². The molecule has 5 heteroatoms. The van der Waals surface area contributed by atoms with Crippen LogP contribution in [0.4, 0.5) is 0 Å². The van der Waals surface area contributed by atoms with E-state index in [0.717, 1.165) is 22.2 Å². The van der Waals surface area contributed by atoms with Gasteiger partial charge < -0.3 is 10.5 Å². The van der Waals surface area contributed by atoms with Crippen molar-refractivity contribution in [3.05, 3.63) is 56.5 Å². The fourth-order valence-electron chi connectivity index (χ4n) is 1.87. The standard InChI is InChI=1S/C15H14BrCl2NO/c1-9(19)4-10-5-11(16)2-3-15(10)20-14-7-12(17)6-13(18)8-14/h2-3,5-9H,4,19H2,1H3. The lowest BCUT2D eigenvalue weighted by atomic mass is 10.1. The molecular formula is C15H14BrCl2NO. The third kappa shape index (κ3) is 4.38. The highest BCUT2D eigenvalue weighted by molar-refractivity contribution is 9.10. The van der Waals surface area contributed by atoms with Gasteiger partial charge in [-0.05, 0) is 55.3 Å². The number of hydrogen-bond donors (Lipinski definition) is 1. The zero-order valence-electron chi connectivity index (χ0n) is 10.9. The molecule has 0 fully saturated rings. The van der Waals surface area contributed by atoms with E-state index < -0.39 is 0 Å². The van der Waals surface area contributed by atoms with Gasteiger partial charge in [-0.25, -0.2) is 0 Å². The summed E-state index contributed by atoms with van der Waals surface area (Å²) in [7, 11) is 0. The number of nitrogens with two attached hydrogens (primary N) is 1. The Labute approximate surface area is 137 Å². The van der Waals surface area contributed by atoms with Crippen molar-refractivity contribution in [2.45, 2.75) is 19.4 Å². The molecule has 2 nitrogen and oxygen atoms in total. The minimum absolute atomic E-state index is 0.0506. The van der Waals surface area contributed by atoms with Crippen molar-refractivity contribution in [1.29, 1.82) is 0 Å². The second kappa shape index (κ2) is 6.81. The molecule has 0 heterocycles. The predicted molar refractivity (Wildman–Crippen MR) is 88.0 cm³/mol. The van der Waals surface area contributed by atoms with Crippen molar-refractivity contribution >= 4 is 39.1 Å². The first-order valence-electron chi connectivity index (χ1n) is 6.12. The smallest absolute Gasteiger partial charge is 0.130 e. The Morgan fingerprint density at radius 1 is 1.15 bits per heavy atom. The Bertz CT molecular complexity index is 597. The molecule has 106 valence electrons. The van der Waals surface area contributed by atoms with Crippen molar-refractivity contribution in [3.8, 4) is 11.5 Å². The van der Waals surface area contributed by atoms with Gasteiger partial charge in [0.05, 0.1) is 0 Å². The summed E-state index contributed by atoms with van der Waals surface area (Å²) in [6.07, 6.45) is 0.725. The van der Waals surface area contributed by atoms with Gasteiger partial charge in [-0.1, -0.05) is 39.1 Å². The zero-order chi connectivity index (χ0) is 14.7. The summed E-state index contributed by atoms with van der Waals surface area (Å²) in [5.74, 6) is 1.36. The summed E-state index contributed by atoms with van der Waals surface area (Å²) < 4.78 is 6.87. The largest absolute Gasteiger partial charge is 0.457 e. The first-order valence-corrected chi connectivity index (χ1v) is 7.67. The van der Waals surface area contributed by atoms with Crippen LogP contribution in [0.3, 0.4) is 0 Å². The van der Waals surface area contributed by atoms with Gasteiger partial charge in [0.1, 0.15) is 11.5 Å². The molecule has 0 aromatic heterocycles. The summed E-state index contributed by atoms with van der Waals surface area (Å²) in [6.45, 7) is 1.96. The summed E-state index contributed by atoms with van der Waals surface area (Å²) in [5.41, 5.74) is 6.90. The van der Waals surface area contributed by atoms with Gasteiger partial charge in [-0.3, -0.25) is 0 Å². The van der Waals surface area contributed by atoms with E-state index in [1.54, 1.807) is 18.2 Å². The third-order valence-electron chi connectivity index (χ3n) is 2.63. The monoisotopic (exact) mass is 373 g/mol. The number of hydrogen-bond acceptors (Lipinski definition) is 2. The Morgan fingerprint density at radius 3 is 2.40 bits per heavy atom. The molecule has 1 atom stereocenters. The average molecular weight is 375 g/mol. The molecule has 0 aliphatic carbocycles. The van der Waals surface area contributed by atoms with E-state index >= 15 is 0 Å². The van der Waals surface area contributed by atoms with Crippen LogP contribution in [0.2, 0.25) is 10.0 Å². The maximum absolute atomic E-state index is 5.97. The molecule has 0 bridgehead atoms. The molecule has 2 aromatic carbocycles. The van der Waals surface area contributed by atoms with Gasteiger partial charge in [-0.2, -0.15) is 0 Å². The second-order valence-electron chi connectivity index (χ2n) is 4.64. The van der Waals surface area contributed by atoms with Crippen LogP contribution >= 0.6 is 39.1 Å². The molecule has 0 amide bonds. The summed E-state index contributed by atoms with van der Waals surface area (Å²) >= 11 is 15.4. The SMILES string of the molecule is CC(N)Cc1cc(Br)ccc1Oc1cc(Cl)cc(Cl)c1. The highest BCUT2D eigenvalue weighted by Gasteiger charge is 2.09. The molecule has 1 unspecified atom stereocenters.